The lowest BCUT2D eigenvalue weighted by Gasteiger charge is -2.22. The number of carbonyl (C=O) groups is 1. The zero-order valence-corrected chi connectivity index (χ0v) is 14.9. The lowest BCUT2D eigenvalue weighted by molar-refractivity contribution is 0.103. The van der Waals surface area contributed by atoms with Crippen LogP contribution < -0.4 is 0 Å². The Bertz CT molecular complexity index is 1090. The van der Waals surface area contributed by atoms with Crippen molar-refractivity contribution in [3.05, 3.63) is 59.7 Å². The highest BCUT2D eigenvalue weighted by Gasteiger charge is 2.30. The van der Waals surface area contributed by atoms with Crippen LogP contribution in [0.1, 0.15) is 43.6 Å². The zero-order chi connectivity index (χ0) is 18.1. The Morgan fingerprint density at radius 1 is 1.08 bits per heavy atom. The predicted octanol–water partition coefficient (Wildman–Crippen LogP) is 4.18. The number of hydrogen-bond donors (Lipinski definition) is 1. The zero-order valence-electron chi connectivity index (χ0n) is 14.9. The molecule has 4 rings (SSSR count). The van der Waals surface area contributed by atoms with Gasteiger partial charge in [0.25, 0.3) is 0 Å². The number of ketones is 1. The van der Waals surface area contributed by atoms with Gasteiger partial charge in [-0.25, -0.2) is 0 Å². The van der Waals surface area contributed by atoms with Gasteiger partial charge in [-0.1, -0.05) is 39.5 Å². The van der Waals surface area contributed by atoms with Gasteiger partial charge in [-0.15, -0.1) is 14.1 Å². The average molecular weight is 335 g/mol. The number of allylic oxidation sites excluding steroid dienone is 1. The van der Waals surface area contributed by atoms with Crippen LogP contribution in [-0.2, 0) is 5.41 Å². The van der Waals surface area contributed by atoms with Gasteiger partial charge in [0.2, 0.25) is 0 Å². The molecule has 4 aromatic rings. The van der Waals surface area contributed by atoms with Gasteiger partial charge in [-0.05, 0) is 42.2 Å². The molecule has 1 N–H and O–H groups in total. The minimum absolute atomic E-state index is 0.108. The lowest BCUT2D eigenvalue weighted by Crippen LogP contribution is -2.14. The standard InChI is InChI=1S/C20H21N3O2/c1-12(2)18(24)13-10-14(20(3,4)5)19(25)17(11-13)23-21-15-8-6-7-9-16(15)22(21)23/h6-11,25H,1H2,2-5H3. The first-order valence-corrected chi connectivity index (χ1v) is 8.28. The number of phenols is 1. The van der Waals surface area contributed by atoms with Crippen LogP contribution in [0.3, 0.4) is 0 Å². The summed E-state index contributed by atoms with van der Waals surface area (Å²) in [4.78, 5) is 14.4. The fourth-order valence-corrected chi connectivity index (χ4v) is 3.22. The predicted molar refractivity (Wildman–Crippen MR) is 98.4 cm³/mol. The monoisotopic (exact) mass is 335 g/mol. The molecule has 0 unspecified atom stereocenters. The maximum Gasteiger partial charge on any atom is 0.188 e. The van der Waals surface area contributed by atoms with Crippen molar-refractivity contribution < 1.29 is 9.90 Å². The summed E-state index contributed by atoms with van der Waals surface area (Å²) in [6.45, 7) is 11.5. The molecule has 0 saturated carbocycles. The first-order valence-electron chi connectivity index (χ1n) is 8.28. The first kappa shape index (κ1) is 15.6. The van der Waals surface area contributed by atoms with Crippen molar-refractivity contribution in [2.75, 3.05) is 0 Å². The van der Waals surface area contributed by atoms with Gasteiger partial charge in [0.05, 0.1) is 0 Å². The molecule has 0 radical (unpaired) electrons. The quantitative estimate of drug-likeness (QED) is 0.451. The van der Waals surface area contributed by atoms with Crippen molar-refractivity contribution in [1.82, 2.24) is 14.1 Å². The second-order valence-electron chi connectivity index (χ2n) is 7.61. The lowest BCUT2D eigenvalue weighted by atomic mass is 9.84. The van der Waals surface area contributed by atoms with Crippen LogP contribution >= 0.6 is 0 Å². The summed E-state index contributed by atoms with van der Waals surface area (Å²) in [6, 6.07) is 11.5. The summed E-state index contributed by atoms with van der Waals surface area (Å²) in [5, 5.41) is 10.9. The van der Waals surface area contributed by atoms with E-state index in [1.54, 1.807) is 19.1 Å². The summed E-state index contributed by atoms with van der Waals surface area (Å²) in [6.07, 6.45) is 0. The van der Waals surface area contributed by atoms with E-state index in [0.717, 1.165) is 16.6 Å². The molecule has 2 aromatic heterocycles. The number of phenolic OH excluding ortho intramolecular Hbond substituents is 1. The molecule has 5 heteroatoms. The third-order valence-corrected chi connectivity index (χ3v) is 4.58. The second kappa shape index (κ2) is 4.79. The van der Waals surface area contributed by atoms with E-state index in [4.69, 9.17) is 0 Å². The SMILES string of the molecule is C=C(C)C(=O)c1cc(-n2n3c4ccccc4n23)c(O)c(C(C)(C)C)c1. The van der Waals surface area contributed by atoms with E-state index in [1.165, 1.54) is 0 Å². The highest BCUT2D eigenvalue weighted by Crippen LogP contribution is 2.39. The number of fused-ring (bicyclic) bond motifs is 4. The molecule has 0 fully saturated rings. The molecule has 0 aliphatic carbocycles. The molecule has 25 heavy (non-hydrogen) atoms. The number of rotatable bonds is 3. The molecule has 5 nitrogen and oxygen atoms in total. The maximum absolute atomic E-state index is 12.5. The average Bonchev–Trinajstić information content (AvgIpc) is 3.19. The van der Waals surface area contributed by atoms with Crippen LogP contribution in [0.4, 0.5) is 0 Å². The number of aromatic hydroxyl groups is 1. The molecule has 0 atom stereocenters. The van der Waals surface area contributed by atoms with Crippen LogP contribution in [0, 0.1) is 0 Å². The number of Topliss-reactive ketones (excluding diaryl/α,β-unsaturated/α-hetero) is 1. The minimum atomic E-state index is -0.295. The normalized spacial score (nSPS) is 12.5. The number of benzene rings is 2. The van der Waals surface area contributed by atoms with Crippen LogP contribution in [0.5, 0.6) is 5.75 Å². The van der Waals surface area contributed by atoms with E-state index in [0.29, 0.717) is 16.8 Å². The molecular weight excluding hydrogens is 314 g/mol. The summed E-state index contributed by atoms with van der Waals surface area (Å²) in [5.41, 5.74) is 4.24. The third-order valence-electron chi connectivity index (χ3n) is 4.58. The van der Waals surface area contributed by atoms with Crippen molar-refractivity contribution in [3.8, 4) is 11.4 Å². The van der Waals surface area contributed by atoms with E-state index < -0.39 is 0 Å². The topological polar surface area (TPSA) is 51.0 Å². The first-order chi connectivity index (χ1) is 11.7. The number of para-hydroxylation sites is 2. The molecule has 0 bridgehead atoms. The molecular formula is C20H21N3O2. The van der Waals surface area contributed by atoms with E-state index >= 15 is 0 Å². The number of aromatic nitrogens is 3. The highest BCUT2D eigenvalue weighted by atomic mass is 16.3. The number of carbonyl (C=O) groups excluding carboxylic acids is 1. The Morgan fingerprint density at radius 3 is 2.12 bits per heavy atom. The molecule has 0 aliphatic heterocycles. The Balaban J connectivity index is 1.97. The van der Waals surface area contributed by atoms with Crippen molar-refractivity contribution in [1.29, 1.82) is 0 Å². The Kier molecular flexibility index (Phi) is 2.98. The number of nitrogens with zero attached hydrogens (tertiary/aromatic N) is 3. The van der Waals surface area contributed by atoms with E-state index in [2.05, 4.69) is 6.58 Å². The van der Waals surface area contributed by atoms with Crippen molar-refractivity contribution in [2.24, 2.45) is 0 Å². The molecule has 2 heterocycles. The molecule has 0 aliphatic rings. The van der Waals surface area contributed by atoms with E-state index in [-0.39, 0.29) is 16.9 Å². The Labute approximate surface area is 145 Å². The largest absolute Gasteiger partial charge is 0.505 e. The molecule has 128 valence electrons. The van der Waals surface area contributed by atoms with E-state index in [1.807, 2.05) is 59.1 Å². The van der Waals surface area contributed by atoms with Crippen LogP contribution in [0.2, 0.25) is 0 Å². The fraction of sp³-hybridized carbons (Fsp3) is 0.250. The summed E-state index contributed by atoms with van der Waals surface area (Å²) in [7, 11) is 0. The van der Waals surface area contributed by atoms with Gasteiger partial charge in [0.1, 0.15) is 22.5 Å². The van der Waals surface area contributed by atoms with Gasteiger partial charge in [-0.2, -0.15) is 0 Å². The van der Waals surface area contributed by atoms with Crippen LogP contribution in [0.15, 0.2) is 48.6 Å². The number of hydrogen-bond acceptors (Lipinski definition) is 2. The van der Waals surface area contributed by atoms with Crippen molar-refractivity contribution >= 4 is 16.8 Å². The summed E-state index contributed by atoms with van der Waals surface area (Å²) < 4.78 is 3.93. The summed E-state index contributed by atoms with van der Waals surface area (Å²) in [5.74, 6) is 0.0922. The van der Waals surface area contributed by atoms with Gasteiger partial charge < -0.3 is 5.11 Å². The smallest absolute Gasteiger partial charge is 0.188 e. The Morgan fingerprint density at radius 2 is 1.64 bits per heavy atom. The molecule has 0 amide bonds. The maximum atomic E-state index is 12.5. The van der Waals surface area contributed by atoms with Crippen LogP contribution in [0.25, 0.3) is 16.7 Å². The van der Waals surface area contributed by atoms with Crippen LogP contribution in [-0.4, -0.2) is 24.9 Å². The van der Waals surface area contributed by atoms with Crippen molar-refractivity contribution in [3.63, 3.8) is 0 Å². The Hall–Kier alpha value is -2.95. The van der Waals surface area contributed by atoms with Gasteiger partial charge in [0.15, 0.2) is 5.78 Å². The third kappa shape index (κ3) is 2.12. The van der Waals surface area contributed by atoms with Gasteiger partial charge in [-0.3, -0.25) is 4.79 Å². The molecule has 2 aromatic carbocycles. The van der Waals surface area contributed by atoms with Crippen molar-refractivity contribution in [2.45, 2.75) is 33.1 Å². The summed E-state index contributed by atoms with van der Waals surface area (Å²) >= 11 is 0. The second-order valence-corrected chi connectivity index (χ2v) is 7.61. The van der Waals surface area contributed by atoms with Gasteiger partial charge in [0, 0.05) is 11.1 Å². The fourth-order valence-electron chi connectivity index (χ4n) is 3.22. The highest BCUT2D eigenvalue weighted by molar-refractivity contribution is 6.08. The minimum Gasteiger partial charge on any atom is -0.505 e. The molecule has 0 spiro atoms. The van der Waals surface area contributed by atoms with E-state index in [9.17, 15) is 9.90 Å². The van der Waals surface area contributed by atoms with Gasteiger partial charge >= 0.3 is 0 Å². The molecule has 0 saturated heterocycles.